The van der Waals surface area contributed by atoms with Crippen LogP contribution in [0.15, 0.2) is 73.3 Å². The zero-order valence-corrected chi connectivity index (χ0v) is 34.3. The normalized spacial score (nSPS) is 24.1. The topological polar surface area (TPSA) is 139 Å². The number of carbonyl (C=O) groups excluding carboxylic acids is 4. The molecule has 4 aliphatic rings. The molecule has 0 bridgehead atoms. The number of carbonyl (C=O) groups is 4. The molecule has 2 aliphatic heterocycles. The number of allylic oxidation sites excluding steroid dienone is 1. The molecule has 304 valence electrons. The number of likely N-dealkylation sites (tertiary alicyclic amines) is 2. The van der Waals surface area contributed by atoms with Gasteiger partial charge in [0.15, 0.2) is 5.78 Å². The van der Waals surface area contributed by atoms with E-state index in [1.165, 1.54) is 0 Å². The SMILES string of the molecule is C=C[C@@H]1C[C@]1(CC(=O)[C@@H]1C[C@@H](Oc2cc(-c3ccccc3)cc3cc(OC)ccc23)CN1C(=O)[C@@H](CC(=O)N1CCCCC1)C(C)(C)C)C(=O)NS(=O)(=O)C1CC1. The zero-order chi connectivity index (χ0) is 40.7. The first-order valence-corrected chi connectivity index (χ1v) is 21.8. The van der Waals surface area contributed by atoms with E-state index in [0.717, 1.165) is 41.2 Å². The molecule has 0 aromatic heterocycles. The fourth-order valence-corrected chi connectivity index (χ4v) is 10.1. The van der Waals surface area contributed by atoms with Crippen LogP contribution < -0.4 is 14.2 Å². The number of rotatable bonds is 14. The quantitative estimate of drug-likeness (QED) is 0.178. The number of sulfonamides is 1. The molecule has 3 aromatic carbocycles. The van der Waals surface area contributed by atoms with Gasteiger partial charge in [0.25, 0.3) is 0 Å². The summed E-state index contributed by atoms with van der Waals surface area (Å²) in [5.74, 6) is -1.26. The molecule has 3 aromatic rings. The molecule has 4 fully saturated rings. The molecular weight excluding hydrogens is 743 g/mol. The Kier molecular flexibility index (Phi) is 11.3. The highest BCUT2D eigenvalue weighted by Gasteiger charge is 2.61. The first kappa shape index (κ1) is 40.5. The lowest BCUT2D eigenvalue weighted by atomic mass is 9.77. The fourth-order valence-electron chi connectivity index (χ4n) is 8.67. The maximum Gasteiger partial charge on any atom is 0.240 e. The summed E-state index contributed by atoms with van der Waals surface area (Å²) in [5.41, 5.74) is 0.0220. The van der Waals surface area contributed by atoms with E-state index >= 15 is 0 Å². The summed E-state index contributed by atoms with van der Waals surface area (Å²) in [6.07, 6.45) is 5.11. The molecule has 0 unspecified atom stereocenters. The van der Waals surface area contributed by atoms with Gasteiger partial charge in [0.1, 0.15) is 17.6 Å². The number of hydrogen-bond donors (Lipinski definition) is 1. The van der Waals surface area contributed by atoms with Crippen molar-refractivity contribution in [3.8, 4) is 22.6 Å². The minimum Gasteiger partial charge on any atom is -0.497 e. The lowest BCUT2D eigenvalue weighted by Crippen LogP contribution is -2.49. The number of ketones is 1. The molecule has 1 N–H and O–H groups in total. The van der Waals surface area contributed by atoms with Crippen LogP contribution in [-0.4, -0.2) is 85.9 Å². The van der Waals surface area contributed by atoms with Gasteiger partial charge in [-0.3, -0.25) is 23.9 Å². The molecule has 7 rings (SSSR count). The van der Waals surface area contributed by atoms with E-state index in [9.17, 15) is 27.6 Å². The van der Waals surface area contributed by atoms with Gasteiger partial charge in [0.05, 0.1) is 36.3 Å². The molecule has 2 saturated heterocycles. The maximum atomic E-state index is 14.9. The van der Waals surface area contributed by atoms with Crippen molar-refractivity contribution in [2.45, 2.75) is 96.0 Å². The number of hydrogen-bond acceptors (Lipinski definition) is 8. The highest BCUT2D eigenvalue weighted by Crippen LogP contribution is 2.57. The number of nitrogens with zero attached hydrogens (tertiary/aromatic N) is 2. The molecule has 2 saturated carbocycles. The van der Waals surface area contributed by atoms with Crippen LogP contribution in [-0.2, 0) is 29.2 Å². The number of amides is 3. The fraction of sp³-hybridized carbons (Fsp3) is 0.511. The zero-order valence-electron chi connectivity index (χ0n) is 33.5. The minimum absolute atomic E-state index is 0.0146. The van der Waals surface area contributed by atoms with Crippen LogP contribution >= 0.6 is 0 Å². The van der Waals surface area contributed by atoms with Gasteiger partial charge in [0.2, 0.25) is 27.7 Å². The molecule has 2 aliphatic carbocycles. The van der Waals surface area contributed by atoms with Crippen LogP contribution in [0.4, 0.5) is 0 Å². The summed E-state index contributed by atoms with van der Waals surface area (Å²) in [7, 11) is -2.24. The third-order valence-electron chi connectivity index (χ3n) is 12.4. The number of fused-ring (bicyclic) bond motifs is 1. The van der Waals surface area contributed by atoms with Crippen molar-refractivity contribution < 1.29 is 37.1 Å². The second-order valence-corrected chi connectivity index (χ2v) is 19.5. The van der Waals surface area contributed by atoms with E-state index < -0.39 is 50.1 Å². The lowest BCUT2D eigenvalue weighted by Gasteiger charge is -2.36. The van der Waals surface area contributed by atoms with Crippen LogP contribution in [0, 0.1) is 22.7 Å². The molecule has 3 amide bonds. The molecule has 11 nitrogen and oxygen atoms in total. The Labute approximate surface area is 336 Å². The second kappa shape index (κ2) is 15.9. The van der Waals surface area contributed by atoms with Crippen LogP contribution in [0.1, 0.15) is 78.6 Å². The van der Waals surface area contributed by atoms with Crippen molar-refractivity contribution in [2.24, 2.45) is 22.7 Å². The smallest absolute Gasteiger partial charge is 0.240 e. The summed E-state index contributed by atoms with van der Waals surface area (Å²) in [6.45, 7) is 11.1. The van der Waals surface area contributed by atoms with E-state index in [2.05, 4.69) is 17.4 Å². The maximum absolute atomic E-state index is 14.9. The largest absolute Gasteiger partial charge is 0.497 e. The number of methoxy groups -OCH3 is 1. The number of ether oxygens (including phenoxy) is 2. The predicted molar refractivity (Wildman–Crippen MR) is 219 cm³/mol. The van der Waals surface area contributed by atoms with E-state index in [0.29, 0.717) is 37.4 Å². The van der Waals surface area contributed by atoms with Crippen LogP contribution in [0.2, 0.25) is 0 Å². The van der Waals surface area contributed by atoms with Crippen molar-refractivity contribution in [1.82, 2.24) is 14.5 Å². The standard InChI is InChI=1S/C45H55N3O8S/c1-6-32-26-45(32,43(52)46-57(53,54)35-16-17-35)27-39(49)38-24-34(28-48(38)42(51)37(44(2,3)4)25-41(50)47-19-11-8-12-20-47)56-40-23-30(29-13-9-7-10-14-29)21-31-22-33(55-5)15-18-36(31)40/h6-7,9-10,13-15,18,21-23,32,34-35,37-38H,1,8,11-12,16-17,19-20,24-28H2,2-5H3,(H,46,52)/t32-,34-,37-,38+,45-/m1/s1. The van der Waals surface area contributed by atoms with Gasteiger partial charge >= 0.3 is 0 Å². The molecule has 0 radical (unpaired) electrons. The van der Waals surface area contributed by atoms with Gasteiger partial charge in [-0.15, -0.1) is 6.58 Å². The van der Waals surface area contributed by atoms with E-state index in [4.69, 9.17) is 9.47 Å². The first-order valence-electron chi connectivity index (χ1n) is 20.3. The van der Waals surface area contributed by atoms with Crippen LogP contribution in [0.25, 0.3) is 21.9 Å². The predicted octanol–water partition coefficient (Wildman–Crippen LogP) is 6.69. The number of piperidine rings is 1. The number of nitrogens with one attached hydrogen (secondary N) is 1. The van der Waals surface area contributed by atoms with E-state index in [1.807, 2.05) is 80.3 Å². The Balaban J connectivity index is 1.21. The van der Waals surface area contributed by atoms with Crippen molar-refractivity contribution in [1.29, 1.82) is 0 Å². The van der Waals surface area contributed by atoms with Crippen molar-refractivity contribution in [3.63, 3.8) is 0 Å². The van der Waals surface area contributed by atoms with Crippen molar-refractivity contribution in [3.05, 3.63) is 73.3 Å². The van der Waals surface area contributed by atoms with E-state index in [-0.39, 0.29) is 55.7 Å². The highest BCUT2D eigenvalue weighted by molar-refractivity contribution is 7.90. The van der Waals surface area contributed by atoms with Gasteiger partial charge in [-0.2, -0.15) is 0 Å². The molecule has 0 spiro atoms. The van der Waals surface area contributed by atoms with E-state index in [1.54, 1.807) is 18.1 Å². The third-order valence-corrected chi connectivity index (χ3v) is 14.2. The molecule has 5 atom stereocenters. The van der Waals surface area contributed by atoms with Gasteiger partial charge in [-0.05, 0) is 96.7 Å². The Morgan fingerprint density at radius 2 is 1.70 bits per heavy atom. The summed E-state index contributed by atoms with van der Waals surface area (Å²) < 4.78 is 40.3. The average Bonchev–Trinajstić information content (AvgIpc) is 4.13. The Hall–Kier alpha value is -4.71. The summed E-state index contributed by atoms with van der Waals surface area (Å²) in [5, 5.41) is 1.13. The Morgan fingerprint density at radius 3 is 2.33 bits per heavy atom. The van der Waals surface area contributed by atoms with Gasteiger partial charge in [-0.25, -0.2) is 8.42 Å². The average molecular weight is 798 g/mol. The highest BCUT2D eigenvalue weighted by atomic mass is 32.2. The Bertz CT molecular complexity index is 2160. The summed E-state index contributed by atoms with van der Waals surface area (Å²) in [4.78, 5) is 60.3. The van der Waals surface area contributed by atoms with Crippen LogP contribution in [0.5, 0.6) is 11.5 Å². The Morgan fingerprint density at radius 1 is 0.982 bits per heavy atom. The third kappa shape index (κ3) is 8.61. The number of benzene rings is 3. The number of Topliss-reactive ketones (excluding diaryl/α,β-unsaturated/α-hetero) is 1. The molecule has 57 heavy (non-hydrogen) atoms. The monoisotopic (exact) mass is 797 g/mol. The van der Waals surface area contributed by atoms with Gasteiger partial charge in [0, 0.05) is 37.7 Å². The van der Waals surface area contributed by atoms with Gasteiger partial charge in [-0.1, -0.05) is 57.2 Å². The van der Waals surface area contributed by atoms with Crippen molar-refractivity contribution in [2.75, 3.05) is 26.7 Å². The minimum atomic E-state index is -3.85. The summed E-state index contributed by atoms with van der Waals surface area (Å²) >= 11 is 0. The molecule has 12 heteroatoms. The van der Waals surface area contributed by atoms with Crippen LogP contribution in [0.3, 0.4) is 0 Å². The first-order chi connectivity index (χ1) is 27.1. The second-order valence-electron chi connectivity index (χ2n) is 17.5. The van der Waals surface area contributed by atoms with Crippen molar-refractivity contribution >= 4 is 44.3 Å². The molecule has 2 heterocycles. The lowest BCUT2D eigenvalue weighted by molar-refractivity contribution is -0.148. The molecular formula is C45H55N3O8S. The summed E-state index contributed by atoms with van der Waals surface area (Å²) in [6, 6.07) is 18.7. The van der Waals surface area contributed by atoms with Gasteiger partial charge < -0.3 is 19.3 Å².